The molecule has 9 heteroatoms. The lowest BCUT2D eigenvalue weighted by Crippen LogP contribution is -2.24. The second-order valence-corrected chi connectivity index (χ2v) is 8.17. The summed E-state index contributed by atoms with van der Waals surface area (Å²) in [6.45, 7) is 1.84. The summed E-state index contributed by atoms with van der Waals surface area (Å²) < 4.78 is 27.7. The zero-order chi connectivity index (χ0) is 18.0. The summed E-state index contributed by atoms with van der Waals surface area (Å²) in [6, 6.07) is 5.99. The van der Waals surface area contributed by atoms with Crippen molar-refractivity contribution >= 4 is 39.1 Å². The topological polar surface area (TPSA) is 78.4 Å². The second kappa shape index (κ2) is 7.05. The fourth-order valence-corrected chi connectivity index (χ4v) is 3.84. The highest BCUT2D eigenvalue weighted by Gasteiger charge is 2.21. The number of aromatic nitrogens is 2. The van der Waals surface area contributed by atoms with Crippen molar-refractivity contribution in [2.24, 2.45) is 0 Å². The molecule has 3 rings (SSSR count). The van der Waals surface area contributed by atoms with Gasteiger partial charge in [-0.3, -0.25) is 4.72 Å². The molecule has 0 radical (unpaired) electrons. The summed E-state index contributed by atoms with van der Waals surface area (Å²) in [5, 5.41) is 0.478. The third kappa shape index (κ3) is 3.96. The van der Waals surface area contributed by atoms with Gasteiger partial charge in [-0.15, -0.1) is 0 Å². The number of rotatable bonds is 5. The molecule has 1 aliphatic rings. The molecular weight excluding hydrogens is 362 g/mol. The highest BCUT2D eigenvalue weighted by atomic mass is 35.5. The van der Waals surface area contributed by atoms with E-state index in [0.717, 1.165) is 25.9 Å². The van der Waals surface area contributed by atoms with Crippen molar-refractivity contribution in [2.45, 2.75) is 17.7 Å². The Morgan fingerprint density at radius 2 is 1.80 bits per heavy atom. The van der Waals surface area contributed by atoms with Crippen LogP contribution in [0.4, 0.5) is 17.5 Å². The second-order valence-electron chi connectivity index (χ2n) is 6.06. The first-order valence-corrected chi connectivity index (χ1v) is 9.80. The summed E-state index contributed by atoms with van der Waals surface area (Å²) in [6.07, 6.45) is 3.75. The third-order valence-corrected chi connectivity index (χ3v) is 5.57. The molecule has 1 aromatic carbocycles. The van der Waals surface area contributed by atoms with E-state index in [1.807, 2.05) is 14.1 Å². The lowest BCUT2D eigenvalue weighted by molar-refractivity contribution is 0.601. The number of hydrogen-bond acceptors (Lipinski definition) is 6. The normalized spacial score (nSPS) is 14.6. The Morgan fingerprint density at radius 1 is 1.16 bits per heavy atom. The quantitative estimate of drug-likeness (QED) is 0.857. The first-order chi connectivity index (χ1) is 11.9. The molecule has 1 saturated heterocycles. The Morgan fingerprint density at radius 3 is 2.40 bits per heavy atom. The average molecular weight is 382 g/mol. The van der Waals surface area contributed by atoms with Gasteiger partial charge in [0.15, 0.2) is 5.82 Å². The van der Waals surface area contributed by atoms with Gasteiger partial charge < -0.3 is 9.80 Å². The van der Waals surface area contributed by atoms with Crippen LogP contribution in [0.3, 0.4) is 0 Å². The Kier molecular flexibility index (Phi) is 5.01. The van der Waals surface area contributed by atoms with E-state index in [1.165, 1.54) is 30.5 Å². The van der Waals surface area contributed by atoms with Crippen LogP contribution in [0, 0.1) is 0 Å². The van der Waals surface area contributed by atoms with Crippen molar-refractivity contribution in [3.63, 3.8) is 0 Å². The molecule has 2 aromatic rings. The van der Waals surface area contributed by atoms with Crippen LogP contribution < -0.4 is 14.5 Å². The average Bonchev–Trinajstić information content (AvgIpc) is 3.09. The summed E-state index contributed by atoms with van der Waals surface area (Å²) in [5.74, 6) is 1.14. The molecule has 0 atom stereocenters. The van der Waals surface area contributed by atoms with Gasteiger partial charge in [0.2, 0.25) is 5.95 Å². The van der Waals surface area contributed by atoms with E-state index in [1.54, 1.807) is 4.90 Å². The highest BCUT2D eigenvalue weighted by molar-refractivity contribution is 7.92. The van der Waals surface area contributed by atoms with E-state index in [0.29, 0.717) is 22.5 Å². The Hall–Kier alpha value is -2.06. The monoisotopic (exact) mass is 381 g/mol. The molecule has 134 valence electrons. The lowest BCUT2D eigenvalue weighted by atomic mass is 10.4. The number of hydrogen-bond donors (Lipinski definition) is 1. The van der Waals surface area contributed by atoms with E-state index < -0.39 is 10.0 Å². The van der Waals surface area contributed by atoms with Gasteiger partial charge in [-0.1, -0.05) is 11.6 Å². The highest BCUT2D eigenvalue weighted by Crippen LogP contribution is 2.27. The number of nitrogens with zero attached hydrogens (tertiary/aromatic N) is 4. The standard InChI is InChI=1S/C16H20ClN5O2S/c1-21(2)15-14(11-18-16(19-15)22-9-3-4-10-22)20-25(23,24)13-7-5-12(17)6-8-13/h5-8,11,20H,3-4,9-10H2,1-2H3. The molecular formula is C16H20ClN5O2S. The van der Waals surface area contributed by atoms with Gasteiger partial charge >= 0.3 is 0 Å². The van der Waals surface area contributed by atoms with E-state index >= 15 is 0 Å². The minimum Gasteiger partial charge on any atom is -0.361 e. The number of nitrogens with one attached hydrogen (secondary N) is 1. The van der Waals surface area contributed by atoms with Crippen LogP contribution in [0.2, 0.25) is 5.02 Å². The number of anilines is 3. The molecule has 0 unspecified atom stereocenters. The molecule has 7 nitrogen and oxygen atoms in total. The SMILES string of the molecule is CN(C)c1nc(N2CCCC2)ncc1NS(=O)(=O)c1ccc(Cl)cc1. The fraction of sp³-hybridized carbons (Fsp3) is 0.375. The number of halogens is 1. The summed E-state index contributed by atoms with van der Waals surface area (Å²) in [5.41, 5.74) is 0.336. The van der Waals surface area contributed by atoms with Crippen molar-refractivity contribution in [3.05, 3.63) is 35.5 Å². The first-order valence-electron chi connectivity index (χ1n) is 7.94. The van der Waals surface area contributed by atoms with Crippen LogP contribution in [-0.2, 0) is 10.0 Å². The van der Waals surface area contributed by atoms with E-state index in [-0.39, 0.29) is 4.90 Å². The van der Waals surface area contributed by atoms with Crippen molar-refractivity contribution < 1.29 is 8.42 Å². The molecule has 0 aliphatic carbocycles. The molecule has 25 heavy (non-hydrogen) atoms. The minimum atomic E-state index is -3.75. The van der Waals surface area contributed by atoms with Gasteiger partial charge in [-0.2, -0.15) is 4.98 Å². The smallest absolute Gasteiger partial charge is 0.262 e. The maximum atomic E-state index is 12.6. The molecule has 1 fully saturated rings. The first kappa shape index (κ1) is 17.8. The van der Waals surface area contributed by atoms with E-state index in [2.05, 4.69) is 19.6 Å². The lowest BCUT2D eigenvalue weighted by Gasteiger charge is -2.21. The van der Waals surface area contributed by atoms with Crippen molar-refractivity contribution in [1.82, 2.24) is 9.97 Å². The maximum absolute atomic E-state index is 12.6. The molecule has 1 aliphatic heterocycles. The molecule has 0 bridgehead atoms. The van der Waals surface area contributed by atoms with Gasteiger partial charge in [0.1, 0.15) is 5.69 Å². The number of sulfonamides is 1. The van der Waals surface area contributed by atoms with Gasteiger partial charge in [-0.25, -0.2) is 13.4 Å². The van der Waals surface area contributed by atoms with Crippen molar-refractivity contribution in [2.75, 3.05) is 41.7 Å². The minimum absolute atomic E-state index is 0.130. The van der Waals surface area contributed by atoms with Gasteiger partial charge in [0.25, 0.3) is 10.0 Å². The number of benzene rings is 1. The molecule has 0 spiro atoms. The fourth-order valence-electron chi connectivity index (χ4n) is 2.66. The zero-order valence-electron chi connectivity index (χ0n) is 14.1. The molecule has 1 N–H and O–H groups in total. The van der Waals surface area contributed by atoms with Crippen LogP contribution in [0.1, 0.15) is 12.8 Å². The molecule has 1 aromatic heterocycles. The Balaban J connectivity index is 1.92. The summed E-state index contributed by atoms with van der Waals surface area (Å²) >= 11 is 5.82. The van der Waals surface area contributed by atoms with Crippen LogP contribution in [0.5, 0.6) is 0 Å². The van der Waals surface area contributed by atoms with Crippen LogP contribution in [0.25, 0.3) is 0 Å². The summed E-state index contributed by atoms with van der Waals surface area (Å²) in [7, 11) is -0.116. The van der Waals surface area contributed by atoms with Gasteiger partial charge in [0, 0.05) is 32.2 Å². The van der Waals surface area contributed by atoms with Gasteiger partial charge in [-0.05, 0) is 37.1 Å². The molecule has 2 heterocycles. The third-order valence-electron chi connectivity index (χ3n) is 3.94. The van der Waals surface area contributed by atoms with E-state index in [4.69, 9.17) is 11.6 Å². The van der Waals surface area contributed by atoms with Crippen molar-refractivity contribution in [1.29, 1.82) is 0 Å². The van der Waals surface area contributed by atoms with Gasteiger partial charge in [0.05, 0.1) is 11.1 Å². The zero-order valence-corrected chi connectivity index (χ0v) is 15.7. The maximum Gasteiger partial charge on any atom is 0.262 e. The molecule has 0 amide bonds. The van der Waals surface area contributed by atoms with Crippen molar-refractivity contribution in [3.8, 4) is 0 Å². The van der Waals surface area contributed by atoms with Crippen LogP contribution >= 0.6 is 11.6 Å². The Labute approximate surface area is 152 Å². The largest absolute Gasteiger partial charge is 0.361 e. The van der Waals surface area contributed by atoms with Crippen LogP contribution in [0.15, 0.2) is 35.4 Å². The summed E-state index contributed by atoms with van der Waals surface area (Å²) in [4.78, 5) is 12.9. The molecule has 0 saturated carbocycles. The van der Waals surface area contributed by atoms with E-state index in [9.17, 15) is 8.42 Å². The Bertz CT molecular complexity index is 849. The predicted octanol–water partition coefficient (Wildman–Crippen LogP) is 2.60. The van der Waals surface area contributed by atoms with Crippen LogP contribution in [-0.4, -0.2) is 45.6 Å². The predicted molar refractivity (Wildman–Crippen MR) is 100 cm³/mol.